The van der Waals surface area contributed by atoms with Gasteiger partial charge < -0.3 is 9.52 Å². The van der Waals surface area contributed by atoms with Crippen LogP contribution in [0.3, 0.4) is 0 Å². The second kappa shape index (κ2) is 13.9. The minimum absolute atomic E-state index is 0. The quantitative estimate of drug-likeness (QED) is 0.0960. The molecule has 6 heteroatoms. The Labute approximate surface area is 293 Å². The number of ketones is 1. The van der Waals surface area contributed by atoms with Crippen molar-refractivity contribution in [2.75, 3.05) is 0 Å². The molecular weight excluding hydrogens is 761 g/mol. The van der Waals surface area contributed by atoms with Gasteiger partial charge in [0.1, 0.15) is 11.3 Å². The van der Waals surface area contributed by atoms with E-state index < -0.39 is 0 Å². The monoisotopic (exact) mass is 808 g/mol. The molecule has 0 aliphatic heterocycles. The van der Waals surface area contributed by atoms with Gasteiger partial charge in [0.2, 0.25) is 0 Å². The average molecular weight is 808 g/mol. The number of fused-ring (bicyclic) bond motifs is 6. The third kappa shape index (κ3) is 6.47. The van der Waals surface area contributed by atoms with Crippen LogP contribution in [0.15, 0.2) is 77.0 Å². The molecule has 0 fully saturated rings. The molecule has 0 spiro atoms. The Morgan fingerprint density at radius 2 is 1.64 bits per heavy atom. The van der Waals surface area contributed by atoms with Gasteiger partial charge in [0.25, 0.3) is 0 Å². The van der Waals surface area contributed by atoms with E-state index in [9.17, 15) is 9.90 Å². The Morgan fingerprint density at radius 1 is 0.979 bits per heavy atom. The van der Waals surface area contributed by atoms with E-state index >= 15 is 0 Å². The van der Waals surface area contributed by atoms with Crippen LogP contribution in [0.1, 0.15) is 97.8 Å². The van der Waals surface area contributed by atoms with Gasteiger partial charge in [0.15, 0.2) is 5.78 Å². The van der Waals surface area contributed by atoms with Crippen molar-refractivity contribution in [1.29, 1.82) is 0 Å². The molecule has 0 amide bonds. The summed E-state index contributed by atoms with van der Waals surface area (Å²) in [6.07, 6.45) is 6.65. The Balaban J connectivity index is 0.000000242. The minimum atomic E-state index is -0.337. The van der Waals surface area contributed by atoms with Crippen molar-refractivity contribution in [3.63, 3.8) is 0 Å². The zero-order chi connectivity index (χ0) is 33.4. The van der Waals surface area contributed by atoms with Crippen molar-refractivity contribution in [2.24, 2.45) is 10.8 Å². The van der Waals surface area contributed by atoms with Crippen molar-refractivity contribution in [1.82, 2.24) is 9.97 Å². The normalized spacial score (nSPS) is 13.9. The van der Waals surface area contributed by atoms with Gasteiger partial charge in [-0.1, -0.05) is 96.3 Å². The number of nitrogens with zero attached hydrogens (tertiary/aromatic N) is 2. The summed E-state index contributed by atoms with van der Waals surface area (Å²) in [5, 5.41) is 12.4. The summed E-state index contributed by atoms with van der Waals surface area (Å²) < 4.78 is 6.36. The van der Waals surface area contributed by atoms with Crippen LogP contribution < -0.4 is 0 Å². The summed E-state index contributed by atoms with van der Waals surface area (Å²) in [5.74, 6) is 1.89. The van der Waals surface area contributed by atoms with Crippen molar-refractivity contribution in [3.8, 4) is 22.7 Å². The first-order valence-corrected chi connectivity index (χ1v) is 16.6. The number of hydrogen-bond acceptors (Lipinski definition) is 5. The maximum atomic E-state index is 12.2. The zero-order valence-electron chi connectivity index (χ0n) is 29.2. The number of benzene rings is 3. The van der Waals surface area contributed by atoms with E-state index in [1.807, 2.05) is 65.9 Å². The SMILES string of the molecule is CCC(C)(CC)C(=O)/C=C(\O)C(C)(CC)CC.Cc1ccc2nc(-c3[c-]ccc4c3-c3oc5ccccc5c3C4(C)C)ncc2c1.[Ir]. The van der Waals surface area contributed by atoms with Crippen molar-refractivity contribution < 1.29 is 34.4 Å². The van der Waals surface area contributed by atoms with Gasteiger partial charge in [-0.25, -0.2) is 0 Å². The van der Waals surface area contributed by atoms with Crippen molar-refractivity contribution in [2.45, 2.75) is 93.4 Å². The summed E-state index contributed by atoms with van der Waals surface area (Å²) >= 11 is 0. The van der Waals surface area contributed by atoms with Gasteiger partial charge in [0.05, 0.1) is 17.1 Å². The Hall–Kier alpha value is -3.60. The molecule has 249 valence electrons. The van der Waals surface area contributed by atoms with E-state index in [0.717, 1.165) is 59.1 Å². The molecule has 0 atom stereocenters. The van der Waals surface area contributed by atoms with Gasteiger partial charge in [-0.05, 0) is 50.8 Å². The summed E-state index contributed by atoms with van der Waals surface area (Å²) in [5.41, 5.74) is 6.73. The van der Waals surface area contributed by atoms with Crippen LogP contribution in [0.5, 0.6) is 0 Å². The second-order valence-corrected chi connectivity index (χ2v) is 13.8. The molecular formula is C41H47IrN2O3-. The van der Waals surface area contributed by atoms with Crippen molar-refractivity contribution in [3.05, 3.63) is 95.4 Å². The molecule has 5 aromatic rings. The average Bonchev–Trinajstić information content (AvgIpc) is 3.57. The summed E-state index contributed by atoms with van der Waals surface area (Å²) in [6, 6.07) is 22.0. The number of allylic oxidation sites excluding steroid dienone is 2. The molecule has 1 aliphatic rings. The van der Waals surface area contributed by atoms with E-state index in [-0.39, 0.29) is 47.9 Å². The Bertz CT molecular complexity index is 1940. The van der Waals surface area contributed by atoms with Crippen LogP contribution >= 0.6 is 0 Å². The molecule has 0 bridgehead atoms. The standard InChI is InChI=1S/C26H19N2O.C15H28O2.Ir/c1-15-11-12-20-16(13-15)14-27-25(28-20)18-8-6-9-19-22(18)24-23(26(19,2)3)17-7-4-5-10-21(17)29-24;1-7-14(5,8-2)12(16)11-13(17)15(6,9-3)10-4;/h4-7,9-14H,1-3H3;11,16H,7-10H2,1-6H3;/q-1;;/b;12-11-;. The van der Waals surface area contributed by atoms with E-state index in [4.69, 9.17) is 9.40 Å². The minimum Gasteiger partial charge on any atom is -0.512 e. The van der Waals surface area contributed by atoms with Gasteiger partial charge in [0, 0.05) is 65.0 Å². The third-order valence-corrected chi connectivity index (χ3v) is 10.7. The maximum Gasteiger partial charge on any atom is 0.164 e. The van der Waals surface area contributed by atoms with Crippen molar-refractivity contribution >= 4 is 27.7 Å². The third-order valence-electron chi connectivity index (χ3n) is 10.7. The van der Waals surface area contributed by atoms with Gasteiger partial charge >= 0.3 is 0 Å². The van der Waals surface area contributed by atoms with Crippen LogP contribution in [0.25, 0.3) is 44.6 Å². The topological polar surface area (TPSA) is 76.2 Å². The fraction of sp³-hybridized carbons (Fsp3) is 0.390. The van der Waals surface area contributed by atoms with Gasteiger partial charge in [-0.15, -0.1) is 23.8 Å². The Kier molecular flexibility index (Phi) is 10.7. The number of aromatic nitrogens is 2. The number of aliphatic hydroxyl groups is 1. The number of carbonyl (C=O) groups is 1. The van der Waals surface area contributed by atoms with Crippen LogP contribution in [-0.4, -0.2) is 20.9 Å². The smallest absolute Gasteiger partial charge is 0.164 e. The number of rotatable bonds is 8. The summed E-state index contributed by atoms with van der Waals surface area (Å²) in [4.78, 5) is 21.7. The number of hydrogen-bond donors (Lipinski definition) is 1. The largest absolute Gasteiger partial charge is 0.512 e. The first-order valence-electron chi connectivity index (χ1n) is 16.6. The summed E-state index contributed by atoms with van der Waals surface area (Å²) in [6.45, 7) is 18.7. The second-order valence-electron chi connectivity index (χ2n) is 13.8. The number of aryl methyl sites for hydroxylation is 1. The molecule has 1 radical (unpaired) electrons. The van der Waals surface area contributed by atoms with Crippen LogP contribution in [0.2, 0.25) is 0 Å². The van der Waals surface area contributed by atoms with Gasteiger partial charge in [-0.2, -0.15) is 0 Å². The Morgan fingerprint density at radius 3 is 2.30 bits per heavy atom. The number of carbonyl (C=O) groups excluding carboxylic acids is 1. The first-order chi connectivity index (χ1) is 21.8. The molecule has 0 saturated heterocycles. The van der Waals surface area contributed by atoms with E-state index in [2.05, 4.69) is 68.2 Å². The first kappa shape index (κ1) is 36.2. The fourth-order valence-corrected chi connectivity index (χ4v) is 6.36. The molecule has 5 nitrogen and oxygen atoms in total. The predicted octanol–water partition coefficient (Wildman–Crippen LogP) is 11.1. The molecule has 6 rings (SSSR count). The molecule has 0 unspecified atom stereocenters. The fourth-order valence-electron chi connectivity index (χ4n) is 6.36. The maximum absolute atomic E-state index is 12.2. The number of furan rings is 1. The molecule has 2 heterocycles. The molecule has 3 aromatic carbocycles. The zero-order valence-corrected chi connectivity index (χ0v) is 31.6. The van der Waals surface area contributed by atoms with Crippen LogP contribution in [0.4, 0.5) is 0 Å². The van der Waals surface area contributed by atoms with Gasteiger partial charge in [-0.3, -0.25) is 14.8 Å². The summed E-state index contributed by atoms with van der Waals surface area (Å²) in [7, 11) is 0. The predicted molar refractivity (Wildman–Crippen MR) is 189 cm³/mol. The molecule has 0 saturated carbocycles. The molecule has 47 heavy (non-hydrogen) atoms. The van der Waals surface area contributed by atoms with Crippen LogP contribution in [-0.2, 0) is 30.3 Å². The molecule has 1 N–H and O–H groups in total. The number of para-hydroxylation sites is 1. The van der Waals surface area contributed by atoms with Crippen LogP contribution in [0, 0.1) is 23.8 Å². The molecule has 2 aromatic heterocycles. The van der Waals surface area contributed by atoms with E-state index in [1.165, 1.54) is 28.2 Å². The van der Waals surface area contributed by atoms with E-state index in [1.54, 1.807) is 0 Å². The van der Waals surface area contributed by atoms with E-state index in [0.29, 0.717) is 5.82 Å². The number of aliphatic hydroxyl groups excluding tert-OH is 1. The molecule has 1 aliphatic carbocycles.